The minimum atomic E-state index is 0. The Kier molecular flexibility index (Phi) is 6.07. The molecule has 0 saturated heterocycles. The molecule has 1 N–H and O–H groups in total. The van der Waals surface area contributed by atoms with Crippen molar-refractivity contribution < 1.29 is 12.4 Å². The molecule has 0 unspecified atom stereocenters. The number of halogens is 1. The molecule has 0 spiro atoms. The second-order valence-corrected chi connectivity index (χ2v) is 3.80. The lowest BCUT2D eigenvalue weighted by molar-refractivity contribution is -0.00000228. The molecule has 68 valence electrons. The molecule has 1 heterocycles. The first-order chi connectivity index (χ1) is 5.33. The largest absolute Gasteiger partial charge is 1.00 e. The van der Waals surface area contributed by atoms with Crippen molar-refractivity contribution in [1.29, 1.82) is 0 Å². The van der Waals surface area contributed by atoms with Gasteiger partial charge in [-0.15, -0.1) is 17.9 Å². The Bertz CT molecular complexity index is 232. The number of aryl methyl sites for hydroxylation is 1. The van der Waals surface area contributed by atoms with Gasteiger partial charge in [-0.05, 0) is 19.1 Å². The van der Waals surface area contributed by atoms with Crippen LogP contribution in [0.3, 0.4) is 0 Å². The van der Waals surface area contributed by atoms with E-state index in [2.05, 4.69) is 31.0 Å². The Morgan fingerprint density at radius 2 is 2.33 bits per heavy atom. The molecular weight excluding hydrogens is 190 g/mol. The third-order valence-electron chi connectivity index (χ3n) is 1.38. The molecule has 0 aromatic carbocycles. The topological polar surface area (TPSA) is 12.0 Å². The normalized spacial score (nSPS) is 9.08. The highest BCUT2D eigenvalue weighted by Crippen LogP contribution is 2.14. The molecule has 0 bridgehead atoms. The summed E-state index contributed by atoms with van der Waals surface area (Å²) in [6, 6.07) is 4.31. The highest BCUT2D eigenvalue weighted by atomic mass is 35.5. The standard InChI is InChI=1S/C9H13NS.ClH/c1-3-6-10-7-9-5-4-8(2)11-9;/h3-5,10H,1,6-7H2,2H3;1H/p-1. The number of nitrogens with one attached hydrogen (secondary N) is 1. The van der Waals surface area contributed by atoms with E-state index >= 15 is 0 Å². The zero-order chi connectivity index (χ0) is 8.10. The van der Waals surface area contributed by atoms with Crippen molar-refractivity contribution in [3.05, 3.63) is 34.5 Å². The Hall–Kier alpha value is -0.310. The molecule has 0 aliphatic carbocycles. The van der Waals surface area contributed by atoms with Gasteiger partial charge in [-0.1, -0.05) is 6.08 Å². The van der Waals surface area contributed by atoms with Crippen LogP contribution in [0.15, 0.2) is 24.8 Å². The fourth-order valence-corrected chi connectivity index (χ4v) is 1.74. The predicted octanol–water partition coefficient (Wildman–Crippen LogP) is -0.664. The van der Waals surface area contributed by atoms with Gasteiger partial charge in [0.1, 0.15) is 0 Å². The van der Waals surface area contributed by atoms with E-state index < -0.39 is 0 Å². The fourth-order valence-electron chi connectivity index (χ4n) is 0.878. The first-order valence-corrected chi connectivity index (χ1v) is 4.51. The van der Waals surface area contributed by atoms with Crippen molar-refractivity contribution in [1.82, 2.24) is 5.32 Å². The van der Waals surface area contributed by atoms with Gasteiger partial charge in [0.25, 0.3) is 0 Å². The molecule has 0 aliphatic rings. The van der Waals surface area contributed by atoms with Crippen molar-refractivity contribution in [3.8, 4) is 0 Å². The van der Waals surface area contributed by atoms with E-state index in [4.69, 9.17) is 0 Å². The van der Waals surface area contributed by atoms with Crippen LogP contribution in [-0.2, 0) is 6.54 Å². The Morgan fingerprint density at radius 1 is 1.58 bits per heavy atom. The van der Waals surface area contributed by atoms with E-state index in [1.807, 2.05) is 17.4 Å². The van der Waals surface area contributed by atoms with Crippen molar-refractivity contribution in [2.75, 3.05) is 6.54 Å². The van der Waals surface area contributed by atoms with Crippen LogP contribution < -0.4 is 17.7 Å². The molecule has 0 saturated carbocycles. The number of rotatable bonds is 4. The summed E-state index contributed by atoms with van der Waals surface area (Å²) in [5, 5.41) is 3.26. The lowest BCUT2D eigenvalue weighted by Gasteiger charge is -1.96. The summed E-state index contributed by atoms with van der Waals surface area (Å²) < 4.78 is 0. The van der Waals surface area contributed by atoms with E-state index in [1.165, 1.54) is 9.75 Å². The van der Waals surface area contributed by atoms with Crippen molar-refractivity contribution in [2.24, 2.45) is 0 Å². The van der Waals surface area contributed by atoms with Gasteiger partial charge in [-0.25, -0.2) is 0 Å². The molecule has 0 aliphatic heterocycles. The van der Waals surface area contributed by atoms with Crippen molar-refractivity contribution in [3.63, 3.8) is 0 Å². The van der Waals surface area contributed by atoms with E-state index in [0.717, 1.165) is 13.1 Å². The Balaban J connectivity index is 0.00000121. The van der Waals surface area contributed by atoms with Crippen LogP contribution in [0.1, 0.15) is 9.75 Å². The number of hydrogen-bond donors (Lipinski definition) is 1. The highest BCUT2D eigenvalue weighted by Gasteiger charge is 1.93. The van der Waals surface area contributed by atoms with Gasteiger partial charge < -0.3 is 17.7 Å². The maximum Gasteiger partial charge on any atom is 0.0302 e. The van der Waals surface area contributed by atoms with Crippen LogP contribution in [0, 0.1) is 6.92 Å². The first-order valence-electron chi connectivity index (χ1n) is 3.70. The van der Waals surface area contributed by atoms with Crippen LogP contribution in [0.25, 0.3) is 0 Å². The quantitative estimate of drug-likeness (QED) is 0.505. The molecule has 0 atom stereocenters. The average molecular weight is 203 g/mol. The van der Waals surface area contributed by atoms with Crippen LogP contribution >= 0.6 is 11.3 Å². The van der Waals surface area contributed by atoms with Crippen LogP contribution in [0.4, 0.5) is 0 Å². The third kappa shape index (κ3) is 3.90. The number of hydrogen-bond acceptors (Lipinski definition) is 2. The molecule has 12 heavy (non-hydrogen) atoms. The minimum absolute atomic E-state index is 0. The predicted molar refractivity (Wildman–Crippen MR) is 51.0 cm³/mol. The molecule has 1 aromatic heterocycles. The second-order valence-electron chi connectivity index (χ2n) is 2.43. The van der Waals surface area contributed by atoms with Gasteiger partial charge in [-0.2, -0.15) is 0 Å². The lowest BCUT2D eigenvalue weighted by Crippen LogP contribution is -3.00. The van der Waals surface area contributed by atoms with Gasteiger partial charge in [0.05, 0.1) is 0 Å². The molecule has 1 aromatic rings. The molecule has 1 nitrogen and oxygen atoms in total. The SMILES string of the molecule is C=CCNCc1ccc(C)s1.[Cl-]. The summed E-state index contributed by atoms with van der Waals surface area (Å²) in [5.41, 5.74) is 0. The van der Waals surface area contributed by atoms with Crippen molar-refractivity contribution >= 4 is 11.3 Å². The fraction of sp³-hybridized carbons (Fsp3) is 0.333. The third-order valence-corrected chi connectivity index (χ3v) is 2.38. The molecule has 0 radical (unpaired) electrons. The lowest BCUT2D eigenvalue weighted by atomic mass is 10.4. The average Bonchev–Trinajstić information content (AvgIpc) is 2.37. The van der Waals surface area contributed by atoms with E-state index in [9.17, 15) is 0 Å². The number of thiophene rings is 1. The summed E-state index contributed by atoms with van der Waals surface area (Å²) >= 11 is 1.84. The van der Waals surface area contributed by atoms with E-state index in [1.54, 1.807) is 0 Å². The van der Waals surface area contributed by atoms with Gasteiger partial charge in [0.2, 0.25) is 0 Å². The minimum Gasteiger partial charge on any atom is -1.00 e. The highest BCUT2D eigenvalue weighted by molar-refractivity contribution is 7.11. The molecule has 0 amide bonds. The smallest absolute Gasteiger partial charge is 0.0302 e. The summed E-state index contributed by atoms with van der Waals surface area (Å²) in [6.07, 6.45) is 1.88. The second kappa shape index (κ2) is 6.23. The molecule has 3 heteroatoms. The van der Waals surface area contributed by atoms with Gasteiger partial charge in [0.15, 0.2) is 0 Å². The van der Waals surface area contributed by atoms with Gasteiger partial charge in [0, 0.05) is 22.8 Å². The van der Waals surface area contributed by atoms with E-state index in [-0.39, 0.29) is 12.4 Å². The van der Waals surface area contributed by atoms with Crippen LogP contribution in [0.2, 0.25) is 0 Å². The zero-order valence-electron chi connectivity index (χ0n) is 7.14. The summed E-state index contributed by atoms with van der Waals surface area (Å²) in [6.45, 7) is 7.61. The van der Waals surface area contributed by atoms with E-state index in [0.29, 0.717) is 0 Å². The monoisotopic (exact) mass is 202 g/mol. The van der Waals surface area contributed by atoms with Crippen molar-refractivity contribution in [2.45, 2.75) is 13.5 Å². The summed E-state index contributed by atoms with van der Waals surface area (Å²) in [4.78, 5) is 2.77. The Morgan fingerprint density at radius 3 is 2.83 bits per heavy atom. The van der Waals surface area contributed by atoms with Gasteiger partial charge in [-0.3, -0.25) is 0 Å². The van der Waals surface area contributed by atoms with Crippen LogP contribution in [0.5, 0.6) is 0 Å². The molecule has 1 rings (SSSR count). The van der Waals surface area contributed by atoms with Gasteiger partial charge >= 0.3 is 0 Å². The maximum absolute atomic E-state index is 3.64. The zero-order valence-corrected chi connectivity index (χ0v) is 8.71. The Labute approximate surface area is 83.9 Å². The summed E-state index contributed by atoms with van der Waals surface area (Å²) in [5.74, 6) is 0. The van der Waals surface area contributed by atoms with Crippen LogP contribution in [-0.4, -0.2) is 6.54 Å². The molecular formula is C9H13ClNS-. The molecule has 0 fully saturated rings. The maximum atomic E-state index is 3.64. The first kappa shape index (κ1) is 11.7. The summed E-state index contributed by atoms with van der Waals surface area (Å²) in [7, 11) is 0.